The van der Waals surface area contributed by atoms with Crippen LogP contribution >= 0.6 is 0 Å². The van der Waals surface area contributed by atoms with E-state index in [1.165, 1.54) is 6.92 Å². The molecule has 0 radical (unpaired) electrons. The first-order valence-corrected chi connectivity index (χ1v) is 13.8. The highest BCUT2D eigenvalue weighted by Crippen LogP contribution is 2.36. The number of nitrogens with one attached hydrogen (secondary N) is 3. The van der Waals surface area contributed by atoms with Crippen LogP contribution < -0.4 is 16.2 Å². The summed E-state index contributed by atoms with van der Waals surface area (Å²) in [6.45, 7) is 12.8. The number of para-hydroxylation sites is 1. The first-order chi connectivity index (χ1) is 17.2. The number of ether oxygens (including phenoxy) is 1. The molecule has 1 saturated carbocycles. The van der Waals surface area contributed by atoms with Gasteiger partial charge in [0.2, 0.25) is 5.91 Å². The highest BCUT2D eigenvalue weighted by atomic mass is 16.5. The summed E-state index contributed by atoms with van der Waals surface area (Å²) in [7, 11) is 0. The Morgan fingerprint density at radius 3 is 2.47 bits per heavy atom. The number of unbranched alkanes of at least 4 members (excludes halogenated alkanes) is 1. The molecule has 1 fully saturated rings. The Kier molecular flexibility index (Phi) is 12.4. The lowest BCUT2D eigenvalue weighted by atomic mass is 9.75. The van der Waals surface area contributed by atoms with Crippen LogP contribution in [-0.2, 0) is 14.3 Å². The van der Waals surface area contributed by atoms with E-state index in [0.717, 1.165) is 44.9 Å². The molecule has 0 aliphatic heterocycles. The molecule has 1 amide bonds. The molecule has 2 rings (SSSR count). The fraction of sp³-hybridized carbons (Fsp3) is 0.690. The van der Waals surface area contributed by atoms with Crippen LogP contribution in [0.5, 0.6) is 0 Å². The summed E-state index contributed by atoms with van der Waals surface area (Å²) in [5.41, 5.74) is 6.62. The zero-order valence-electron chi connectivity index (χ0n) is 23.1. The van der Waals surface area contributed by atoms with Crippen LogP contribution in [-0.4, -0.2) is 36.4 Å². The minimum Gasteiger partial charge on any atom is -0.458 e. The molecule has 0 heterocycles. The average molecular weight is 502 g/mol. The van der Waals surface area contributed by atoms with Crippen molar-refractivity contribution in [3.05, 3.63) is 29.8 Å². The molecule has 5 unspecified atom stereocenters. The van der Waals surface area contributed by atoms with Gasteiger partial charge < -0.3 is 15.5 Å². The number of carbonyl (C=O) groups excluding carboxylic acids is 3. The highest BCUT2D eigenvalue weighted by Gasteiger charge is 2.34. The third-order valence-electron chi connectivity index (χ3n) is 7.49. The minimum atomic E-state index is -1.07. The van der Waals surface area contributed by atoms with Gasteiger partial charge in [-0.1, -0.05) is 72.4 Å². The molecule has 202 valence electrons. The van der Waals surface area contributed by atoms with Gasteiger partial charge in [0, 0.05) is 6.54 Å². The smallest absolute Gasteiger partial charge is 0.340 e. The van der Waals surface area contributed by atoms with Gasteiger partial charge in [0.05, 0.1) is 11.3 Å². The molecule has 0 saturated heterocycles. The monoisotopic (exact) mass is 501 g/mol. The van der Waals surface area contributed by atoms with Gasteiger partial charge in [0.25, 0.3) is 0 Å². The molecule has 1 aromatic rings. The summed E-state index contributed by atoms with van der Waals surface area (Å²) in [5.74, 6) is 0.626. The van der Waals surface area contributed by atoms with Crippen LogP contribution in [0.2, 0.25) is 0 Å². The zero-order chi connectivity index (χ0) is 26.7. The molecular formula is C29H47N3O4. The van der Waals surface area contributed by atoms with Gasteiger partial charge in [-0.15, -0.1) is 0 Å². The molecule has 7 nitrogen and oxygen atoms in total. The number of benzene rings is 1. The lowest BCUT2D eigenvalue weighted by molar-refractivity contribution is -0.130. The molecule has 5 atom stereocenters. The molecule has 36 heavy (non-hydrogen) atoms. The van der Waals surface area contributed by atoms with E-state index in [0.29, 0.717) is 41.5 Å². The summed E-state index contributed by atoms with van der Waals surface area (Å²) in [6.07, 6.45) is 7.24. The van der Waals surface area contributed by atoms with E-state index in [1.807, 2.05) is 0 Å². The van der Waals surface area contributed by atoms with E-state index >= 15 is 0 Å². The minimum absolute atomic E-state index is 0.114. The molecule has 1 aliphatic rings. The van der Waals surface area contributed by atoms with E-state index in [1.54, 1.807) is 24.3 Å². The first kappa shape index (κ1) is 29.8. The van der Waals surface area contributed by atoms with Crippen molar-refractivity contribution in [1.82, 2.24) is 10.7 Å². The van der Waals surface area contributed by atoms with Crippen molar-refractivity contribution in [2.45, 2.75) is 98.6 Å². The second kappa shape index (κ2) is 15.0. The van der Waals surface area contributed by atoms with Crippen molar-refractivity contribution in [3.8, 4) is 0 Å². The standard InChI is InChI=1S/C29H47N3O4/c1-7-9-12-22(8-2)18-30-28(34)27(21(6)33)32-31-25-14-11-10-13-24(25)29(35)36-26-17-20(5)15-16-23(26)19(3)4/h10-11,13-14,19-20,22-23,26-27,31-32H,7-9,12,15-18H2,1-6H3,(H,30,34). The number of amides is 1. The van der Waals surface area contributed by atoms with E-state index in [9.17, 15) is 14.4 Å². The Morgan fingerprint density at radius 1 is 1.11 bits per heavy atom. The Morgan fingerprint density at radius 2 is 1.83 bits per heavy atom. The van der Waals surface area contributed by atoms with E-state index < -0.39 is 12.0 Å². The summed E-state index contributed by atoms with van der Waals surface area (Å²) in [5, 5.41) is 2.92. The molecule has 1 aliphatic carbocycles. The lowest BCUT2D eigenvalue weighted by Gasteiger charge is -2.36. The van der Waals surface area contributed by atoms with Crippen LogP contribution in [0.25, 0.3) is 0 Å². The van der Waals surface area contributed by atoms with Gasteiger partial charge in [-0.05, 0) is 62.0 Å². The fourth-order valence-electron chi connectivity index (χ4n) is 5.01. The summed E-state index contributed by atoms with van der Waals surface area (Å²) < 4.78 is 6.02. The number of esters is 1. The summed E-state index contributed by atoms with van der Waals surface area (Å²) >= 11 is 0. The molecule has 0 spiro atoms. The van der Waals surface area contributed by atoms with Crippen LogP contribution in [0.15, 0.2) is 24.3 Å². The number of hydrogen-bond donors (Lipinski definition) is 3. The zero-order valence-corrected chi connectivity index (χ0v) is 23.1. The van der Waals surface area contributed by atoms with Gasteiger partial charge >= 0.3 is 5.97 Å². The number of carbonyl (C=O) groups is 3. The topological polar surface area (TPSA) is 96.5 Å². The average Bonchev–Trinajstić information content (AvgIpc) is 2.84. The number of hydrogen-bond acceptors (Lipinski definition) is 6. The van der Waals surface area contributed by atoms with Crippen LogP contribution in [0.4, 0.5) is 5.69 Å². The predicted molar refractivity (Wildman–Crippen MR) is 145 cm³/mol. The number of ketones is 1. The summed E-state index contributed by atoms with van der Waals surface area (Å²) in [6, 6.07) is 5.94. The molecule has 7 heteroatoms. The Balaban J connectivity index is 2.04. The maximum atomic E-state index is 13.2. The second-order valence-electron chi connectivity index (χ2n) is 10.8. The molecule has 1 aromatic carbocycles. The van der Waals surface area contributed by atoms with Crippen LogP contribution in [0.1, 0.15) is 96.8 Å². The number of anilines is 1. The van der Waals surface area contributed by atoms with Gasteiger partial charge in [0.15, 0.2) is 11.8 Å². The van der Waals surface area contributed by atoms with Crippen LogP contribution in [0, 0.1) is 23.7 Å². The predicted octanol–water partition coefficient (Wildman–Crippen LogP) is 5.51. The largest absolute Gasteiger partial charge is 0.458 e. The third-order valence-corrected chi connectivity index (χ3v) is 7.49. The van der Waals surface area contributed by atoms with Crippen molar-refractivity contribution < 1.29 is 19.1 Å². The van der Waals surface area contributed by atoms with Crippen molar-refractivity contribution in [1.29, 1.82) is 0 Å². The SMILES string of the molecule is CCCCC(CC)CNC(=O)C(NNc1ccccc1C(=O)OC1CC(C)CCC1C(C)C)C(C)=O. The number of Topliss-reactive ketones (excluding diaryl/α,β-unsaturated/α-hetero) is 1. The van der Waals surface area contributed by atoms with Crippen molar-refractivity contribution in [2.75, 3.05) is 12.0 Å². The van der Waals surface area contributed by atoms with E-state index in [-0.39, 0.29) is 17.8 Å². The van der Waals surface area contributed by atoms with Gasteiger partial charge in [-0.25, -0.2) is 10.2 Å². The van der Waals surface area contributed by atoms with E-state index in [2.05, 4.69) is 50.8 Å². The Hall–Kier alpha value is -2.41. The molecule has 0 aromatic heterocycles. The van der Waals surface area contributed by atoms with Crippen molar-refractivity contribution >= 4 is 23.3 Å². The molecule has 3 N–H and O–H groups in total. The number of hydrazine groups is 1. The van der Waals surface area contributed by atoms with Crippen molar-refractivity contribution in [3.63, 3.8) is 0 Å². The third kappa shape index (κ3) is 8.91. The molecule has 0 bridgehead atoms. The van der Waals surface area contributed by atoms with Gasteiger partial charge in [0.1, 0.15) is 6.10 Å². The van der Waals surface area contributed by atoms with Crippen molar-refractivity contribution in [2.24, 2.45) is 23.7 Å². The van der Waals surface area contributed by atoms with E-state index in [4.69, 9.17) is 4.74 Å². The first-order valence-electron chi connectivity index (χ1n) is 13.8. The second-order valence-corrected chi connectivity index (χ2v) is 10.8. The van der Waals surface area contributed by atoms with Crippen LogP contribution in [0.3, 0.4) is 0 Å². The maximum Gasteiger partial charge on any atom is 0.340 e. The van der Waals surface area contributed by atoms with Gasteiger partial charge in [-0.3, -0.25) is 9.59 Å². The number of rotatable bonds is 14. The maximum absolute atomic E-state index is 13.2. The fourth-order valence-corrected chi connectivity index (χ4v) is 5.01. The normalized spacial score (nSPS) is 21.5. The van der Waals surface area contributed by atoms with Gasteiger partial charge in [-0.2, -0.15) is 0 Å². The Labute approximate surface area is 217 Å². The highest BCUT2D eigenvalue weighted by molar-refractivity contribution is 6.04. The Bertz CT molecular complexity index is 857. The summed E-state index contributed by atoms with van der Waals surface area (Å²) in [4.78, 5) is 38.2. The quantitative estimate of drug-likeness (QED) is 0.177. The molecular weight excluding hydrogens is 454 g/mol. The lowest BCUT2D eigenvalue weighted by Crippen LogP contribution is -2.51.